The molecular formula is C21H36N2O12S. The van der Waals surface area contributed by atoms with E-state index in [-0.39, 0.29) is 12.2 Å². The number of aliphatic hydroxyl groups is 4. The van der Waals surface area contributed by atoms with E-state index >= 15 is 0 Å². The fourth-order valence-electron chi connectivity index (χ4n) is 4.49. The standard InChI is InChI=1S/C21H36N2O12S/c1-8(25)22-13-18(15(27)12(6-24)35-21(13)33-4)34-11-5-9(17(31-2)16(28)14(11)26)19(29)23-10(7-36)20(30)32-3/h9-18,21,24,26-28,36H,5-7H2,1-4H3,(H,22,25)(H,23,29)/t9?,10?,11-,12?,13?,14?,15-,16-,17-,18-,21-/m1/s1. The zero-order valence-electron chi connectivity index (χ0n) is 20.5. The fraction of sp³-hybridized carbons (Fsp3) is 0.857. The van der Waals surface area contributed by atoms with Crippen LogP contribution in [0.3, 0.4) is 0 Å². The van der Waals surface area contributed by atoms with E-state index < -0.39 is 91.4 Å². The molecule has 2 amide bonds. The number of amides is 2. The molecule has 0 aromatic rings. The lowest BCUT2D eigenvalue weighted by Gasteiger charge is -2.47. The van der Waals surface area contributed by atoms with Gasteiger partial charge in [0.25, 0.3) is 0 Å². The highest BCUT2D eigenvalue weighted by Crippen LogP contribution is 2.33. The van der Waals surface area contributed by atoms with Gasteiger partial charge in [-0.05, 0) is 6.42 Å². The van der Waals surface area contributed by atoms with Gasteiger partial charge >= 0.3 is 5.97 Å². The van der Waals surface area contributed by atoms with Gasteiger partial charge in [0.15, 0.2) is 6.29 Å². The van der Waals surface area contributed by atoms with Crippen molar-refractivity contribution in [1.82, 2.24) is 10.6 Å². The Morgan fingerprint density at radius 3 is 2.22 bits per heavy atom. The third-order valence-corrected chi connectivity index (χ3v) is 6.70. The van der Waals surface area contributed by atoms with Crippen molar-refractivity contribution in [2.45, 2.75) is 74.4 Å². The average molecular weight is 541 g/mol. The second kappa shape index (κ2) is 13.8. The monoisotopic (exact) mass is 540 g/mol. The maximum absolute atomic E-state index is 13.1. The summed E-state index contributed by atoms with van der Waals surface area (Å²) in [5, 5.41) is 47.0. The molecule has 14 nitrogen and oxygen atoms in total. The largest absolute Gasteiger partial charge is 0.467 e. The lowest BCUT2D eigenvalue weighted by Crippen LogP contribution is -2.67. The zero-order valence-corrected chi connectivity index (χ0v) is 21.4. The highest BCUT2D eigenvalue weighted by molar-refractivity contribution is 7.80. The van der Waals surface area contributed by atoms with Crippen molar-refractivity contribution in [3.63, 3.8) is 0 Å². The number of aliphatic hydroxyl groups excluding tert-OH is 4. The molecule has 2 aliphatic rings. The molecule has 0 aromatic carbocycles. The van der Waals surface area contributed by atoms with Crippen molar-refractivity contribution < 1.29 is 58.5 Å². The van der Waals surface area contributed by atoms with Gasteiger partial charge in [-0.3, -0.25) is 9.59 Å². The van der Waals surface area contributed by atoms with Crippen LogP contribution in [0.25, 0.3) is 0 Å². The maximum Gasteiger partial charge on any atom is 0.329 e. The van der Waals surface area contributed by atoms with E-state index in [1.807, 2.05) is 0 Å². The summed E-state index contributed by atoms with van der Waals surface area (Å²) in [6, 6.07) is -2.13. The number of thiol groups is 1. The molecule has 2 rings (SSSR count). The van der Waals surface area contributed by atoms with E-state index in [2.05, 4.69) is 28.0 Å². The molecule has 2 fully saturated rings. The van der Waals surface area contributed by atoms with Crippen LogP contribution in [0, 0.1) is 5.92 Å². The first kappa shape index (κ1) is 30.7. The molecular weight excluding hydrogens is 504 g/mol. The topological polar surface area (TPSA) is 202 Å². The number of esters is 1. The van der Waals surface area contributed by atoms with Crippen LogP contribution in [-0.2, 0) is 38.1 Å². The van der Waals surface area contributed by atoms with E-state index in [1.165, 1.54) is 21.1 Å². The van der Waals surface area contributed by atoms with Gasteiger partial charge in [0.1, 0.15) is 42.6 Å². The molecule has 1 saturated heterocycles. The minimum Gasteiger partial charge on any atom is -0.467 e. The zero-order chi connectivity index (χ0) is 27.2. The molecule has 11 atom stereocenters. The highest BCUT2D eigenvalue weighted by Gasteiger charge is 2.52. The second-order valence-corrected chi connectivity index (χ2v) is 8.97. The number of methoxy groups -OCH3 is 3. The molecule has 1 saturated carbocycles. The molecule has 15 heteroatoms. The second-order valence-electron chi connectivity index (χ2n) is 8.61. The molecule has 6 N–H and O–H groups in total. The minimum atomic E-state index is -1.58. The van der Waals surface area contributed by atoms with Gasteiger partial charge in [-0.2, -0.15) is 12.6 Å². The van der Waals surface area contributed by atoms with Crippen molar-refractivity contribution in [1.29, 1.82) is 0 Å². The number of carbonyl (C=O) groups is 3. The average Bonchev–Trinajstić information content (AvgIpc) is 2.86. The quantitative estimate of drug-likeness (QED) is 0.106. The molecule has 0 spiro atoms. The van der Waals surface area contributed by atoms with E-state index in [9.17, 15) is 34.8 Å². The number of carbonyl (C=O) groups excluding carboxylic acids is 3. The molecule has 5 unspecified atom stereocenters. The molecule has 0 radical (unpaired) electrons. The van der Waals surface area contributed by atoms with Crippen LogP contribution in [0.4, 0.5) is 0 Å². The van der Waals surface area contributed by atoms with Crippen molar-refractivity contribution in [3.8, 4) is 0 Å². The van der Waals surface area contributed by atoms with Gasteiger partial charge in [-0.1, -0.05) is 0 Å². The maximum atomic E-state index is 13.1. The fourth-order valence-corrected chi connectivity index (χ4v) is 4.73. The van der Waals surface area contributed by atoms with E-state index in [4.69, 9.17) is 18.9 Å². The summed E-state index contributed by atoms with van der Waals surface area (Å²) in [6.07, 6.45) is -10.7. The third-order valence-electron chi connectivity index (χ3n) is 6.33. The number of hydrogen-bond donors (Lipinski definition) is 7. The Labute approximate surface area is 214 Å². The number of ether oxygens (including phenoxy) is 5. The van der Waals surface area contributed by atoms with E-state index in [1.54, 1.807) is 0 Å². The number of nitrogens with one attached hydrogen (secondary N) is 2. The normalized spacial score (nSPS) is 37.6. The van der Waals surface area contributed by atoms with Crippen molar-refractivity contribution >= 4 is 30.4 Å². The molecule has 0 bridgehead atoms. The summed E-state index contributed by atoms with van der Waals surface area (Å²) in [6.45, 7) is 0.634. The van der Waals surface area contributed by atoms with Gasteiger partial charge in [0.2, 0.25) is 11.8 Å². The first-order valence-corrected chi connectivity index (χ1v) is 11.9. The Bertz CT molecular complexity index is 760. The summed E-state index contributed by atoms with van der Waals surface area (Å²) in [4.78, 5) is 36.8. The summed E-state index contributed by atoms with van der Waals surface area (Å²) in [5.41, 5.74) is 0. The van der Waals surface area contributed by atoms with Crippen LogP contribution >= 0.6 is 12.6 Å². The van der Waals surface area contributed by atoms with Crippen LogP contribution in [-0.4, -0.2) is 133 Å². The van der Waals surface area contributed by atoms with Crippen LogP contribution in [0.5, 0.6) is 0 Å². The SMILES string of the molecule is COC(=O)C(CS)NC(=O)C1C[C@@H](O[C@@H]2C(NC(C)=O)[C@H](OC)OC(CO)[C@H]2O)C(O)[C@@H](O)[C@@H]1OC. The predicted octanol–water partition coefficient (Wildman–Crippen LogP) is -3.69. The Balaban J connectivity index is 2.32. The third kappa shape index (κ3) is 6.85. The van der Waals surface area contributed by atoms with Crippen molar-refractivity contribution in [2.24, 2.45) is 5.92 Å². The Morgan fingerprint density at radius 1 is 1.06 bits per heavy atom. The van der Waals surface area contributed by atoms with Crippen LogP contribution in [0.1, 0.15) is 13.3 Å². The van der Waals surface area contributed by atoms with Crippen molar-refractivity contribution in [3.05, 3.63) is 0 Å². The highest BCUT2D eigenvalue weighted by atomic mass is 32.1. The molecule has 1 heterocycles. The minimum absolute atomic E-state index is 0.0541. The lowest BCUT2D eigenvalue weighted by molar-refractivity contribution is -0.287. The number of rotatable bonds is 10. The van der Waals surface area contributed by atoms with Gasteiger partial charge in [0.05, 0.1) is 31.8 Å². The first-order chi connectivity index (χ1) is 17.0. The lowest BCUT2D eigenvalue weighted by atomic mass is 9.79. The molecule has 208 valence electrons. The predicted molar refractivity (Wildman–Crippen MR) is 124 cm³/mol. The Morgan fingerprint density at radius 2 is 1.72 bits per heavy atom. The summed E-state index contributed by atoms with van der Waals surface area (Å²) >= 11 is 4.04. The van der Waals surface area contributed by atoms with Gasteiger partial charge in [-0.15, -0.1) is 0 Å². The Kier molecular flexibility index (Phi) is 11.8. The van der Waals surface area contributed by atoms with E-state index in [0.717, 1.165) is 7.11 Å². The van der Waals surface area contributed by atoms with E-state index in [0.29, 0.717) is 0 Å². The molecule has 36 heavy (non-hydrogen) atoms. The Hall–Kier alpha value is -1.56. The van der Waals surface area contributed by atoms with Crippen LogP contribution < -0.4 is 10.6 Å². The summed E-state index contributed by atoms with van der Waals surface area (Å²) in [5.74, 6) is -3.04. The summed E-state index contributed by atoms with van der Waals surface area (Å²) in [7, 11) is 3.71. The van der Waals surface area contributed by atoms with Gasteiger partial charge < -0.3 is 54.7 Å². The number of hydrogen-bond acceptors (Lipinski definition) is 13. The molecule has 0 aromatic heterocycles. The smallest absolute Gasteiger partial charge is 0.329 e. The van der Waals surface area contributed by atoms with Gasteiger partial charge in [-0.25, -0.2) is 4.79 Å². The van der Waals surface area contributed by atoms with Crippen molar-refractivity contribution in [2.75, 3.05) is 33.7 Å². The van der Waals surface area contributed by atoms with Crippen LogP contribution in [0.15, 0.2) is 0 Å². The molecule has 1 aliphatic heterocycles. The summed E-state index contributed by atoms with van der Waals surface area (Å²) < 4.78 is 26.7. The molecule has 1 aliphatic carbocycles. The van der Waals surface area contributed by atoms with Gasteiger partial charge in [0, 0.05) is 26.9 Å². The van der Waals surface area contributed by atoms with Crippen LogP contribution in [0.2, 0.25) is 0 Å². The first-order valence-electron chi connectivity index (χ1n) is 11.3.